The lowest BCUT2D eigenvalue weighted by atomic mass is 9.97. The van der Waals surface area contributed by atoms with E-state index in [0.717, 1.165) is 30.2 Å². The Hall–Kier alpha value is -1.50. The fraction of sp³-hybridized carbons (Fsp3) is 0.667. The molecule has 1 aromatic rings. The number of thioether (sulfide) groups is 1. The summed E-state index contributed by atoms with van der Waals surface area (Å²) in [5.74, 6) is 0.0618. The van der Waals surface area contributed by atoms with Crippen LogP contribution in [0.3, 0.4) is 0 Å². The highest BCUT2D eigenvalue weighted by molar-refractivity contribution is 7.98. The summed E-state index contributed by atoms with van der Waals surface area (Å²) >= 11 is 1.58. The van der Waals surface area contributed by atoms with Crippen LogP contribution in [0.2, 0.25) is 0 Å². The van der Waals surface area contributed by atoms with E-state index in [2.05, 4.69) is 10.3 Å². The third-order valence-corrected chi connectivity index (χ3v) is 4.86. The Morgan fingerprint density at radius 3 is 2.91 bits per heavy atom. The molecule has 1 saturated heterocycles. The van der Waals surface area contributed by atoms with Gasteiger partial charge in [0.2, 0.25) is 11.8 Å². The monoisotopic (exact) mass is 324 g/mol. The molecule has 1 atom stereocenters. The molecule has 2 heterocycles. The minimum Gasteiger partial charge on any atom is -0.350 e. The molecule has 6 nitrogen and oxygen atoms in total. The van der Waals surface area contributed by atoms with Crippen molar-refractivity contribution in [3.8, 4) is 0 Å². The van der Waals surface area contributed by atoms with Crippen molar-refractivity contribution in [1.82, 2.24) is 19.8 Å². The molecule has 1 fully saturated rings. The van der Waals surface area contributed by atoms with Crippen molar-refractivity contribution in [2.45, 2.75) is 37.9 Å². The summed E-state index contributed by atoms with van der Waals surface area (Å²) in [6.45, 7) is 3.65. The van der Waals surface area contributed by atoms with Gasteiger partial charge < -0.3 is 14.8 Å². The predicted octanol–water partition coefficient (Wildman–Crippen LogP) is 1.41. The molecule has 1 aromatic heterocycles. The van der Waals surface area contributed by atoms with E-state index in [0.29, 0.717) is 19.5 Å². The number of amides is 2. The summed E-state index contributed by atoms with van der Waals surface area (Å²) in [5, 5.41) is 3.91. The quantitative estimate of drug-likeness (QED) is 0.832. The Balaban J connectivity index is 1.89. The van der Waals surface area contributed by atoms with Gasteiger partial charge in [0.25, 0.3) is 0 Å². The van der Waals surface area contributed by atoms with Gasteiger partial charge in [0.15, 0.2) is 5.16 Å². The first-order valence-electron chi connectivity index (χ1n) is 7.66. The van der Waals surface area contributed by atoms with E-state index in [1.54, 1.807) is 18.0 Å². The first kappa shape index (κ1) is 16.9. The van der Waals surface area contributed by atoms with Gasteiger partial charge in [-0.1, -0.05) is 18.7 Å². The summed E-state index contributed by atoms with van der Waals surface area (Å²) < 4.78 is 1.98. The molecule has 22 heavy (non-hydrogen) atoms. The molecule has 0 radical (unpaired) electrons. The molecule has 7 heteroatoms. The van der Waals surface area contributed by atoms with E-state index in [1.165, 1.54) is 0 Å². The number of hydrogen-bond acceptors (Lipinski definition) is 4. The third-order valence-electron chi connectivity index (χ3n) is 4.12. The number of carbonyl (C=O) groups is 2. The van der Waals surface area contributed by atoms with Crippen LogP contribution in [0.25, 0.3) is 0 Å². The molecule has 0 saturated carbocycles. The first-order chi connectivity index (χ1) is 10.6. The number of carbonyl (C=O) groups excluding carboxylic acids is 2. The smallest absolute Gasteiger partial charge is 0.225 e. The van der Waals surface area contributed by atoms with Crippen molar-refractivity contribution in [3.05, 3.63) is 11.9 Å². The molecule has 0 aromatic carbocycles. The van der Waals surface area contributed by atoms with Crippen molar-refractivity contribution in [2.24, 2.45) is 13.0 Å². The summed E-state index contributed by atoms with van der Waals surface area (Å²) in [5.41, 5.74) is 0.981. The van der Waals surface area contributed by atoms with Gasteiger partial charge in [-0.25, -0.2) is 4.98 Å². The lowest BCUT2D eigenvalue weighted by Crippen LogP contribution is -2.45. The van der Waals surface area contributed by atoms with Crippen LogP contribution in [0.1, 0.15) is 31.9 Å². The van der Waals surface area contributed by atoms with Crippen LogP contribution in [0.5, 0.6) is 0 Å². The average molecular weight is 324 g/mol. The minimum absolute atomic E-state index is 0.0282. The number of piperidine rings is 1. The molecule has 0 aliphatic carbocycles. The van der Waals surface area contributed by atoms with Crippen LogP contribution in [0.4, 0.5) is 0 Å². The summed E-state index contributed by atoms with van der Waals surface area (Å²) in [6.07, 6.45) is 6.01. The maximum Gasteiger partial charge on any atom is 0.225 e. The number of nitrogens with one attached hydrogen (secondary N) is 1. The van der Waals surface area contributed by atoms with Crippen molar-refractivity contribution in [3.63, 3.8) is 0 Å². The Bertz CT molecular complexity index is 544. The minimum atomic E-state index is -0.0995. The van der Waals surface area contributed by atoms with Gasteiger partial charge in [0.05, 0.1) is 24.4 Å². The van der Waals surface area contributed by atoms with Crippen molar-refractivity contribution < 1.29 is 9.59 Å². The Morgan fingerprint density at radius 1 is 1.50 bits per heavy atom. The zero-order chi connectivity index (χ0) is 16.1. The predicted molar refractivity (Wildman–Crippen MR) is 86.4 cm³/mol. The third kappa shape index (κ3) is 3.82. The standard InChI is InChI=1S/C15H24N4O2S/c1-4-13(20)19-7-5-6-11(10-19)14(21)16-8-12-9-17-15(22-3)18(12)2/h9,11H,4-8,10H2,1-3H3,(H,16,21). The van der Waals surface area contributed by atoms with Crippen LogP contribution in [-0.2, 0) is 23.2 Å². The van der Waals surface area contributed by atoms with Gasteiger partial charge in [0, 0.05) is 26.6 Å². The van der Waals surface area contributed by atoms with Crippen molar-refractivity contribution in [1.29, 1.82) is 0 Å². The topological polar surface area (TPSA) is 67.2 Å². The highest BCUT2D eigenvalue weighted by Crippen LogP contribution is 2.18. The lowest BCUT2D eigenvalue weighted by Gasteiger charge is -2.31. The second kappa shape index (κ2) is 7.67. The number of nitrogens with zero attached hydrogens (tertiary/aromatic N) is 3. The normalized spacial score (nSPS) is 18.3. The fourth-order valence-corrected chi connectivity index (χ4v) is 3.29. The zero-order valence-electron chi connectivity index (χ0n) is 13.5. The molecular formula is C15H24N4O2S. The van der Waals surface area contributed by atoms with Crippen LogP contribution >= 0.6 is 11.8 Å². The molecule has 2 rings (SSSR count). The van der Waals surface area contributed by atoms with Crippen LogP contribution in [0, 0.1) is 5.92 Å². The van der Waals surface area contributed by atoms with Crippen LogP contribution in [0.15, 0.2) is 11.4 Å². The second-order valence-electron chi connectivity index (χ2n) is 5.55. The van der Waals surface area contributed by atoms with Crippen LogP contribution in [-0.4, -0.2) is 45.6 Å². The first-order valence-corrected chi connectivity index (χ1v) is 8.89. The van der Waals surface area contributed by atoms with E-state index in [9.17, 15) is 9.59 Å². The van der Waals surface area contributed by atoms with Crippen molar-refractivity contribution in [2.75, 3.05) is 19.3 Å². The van der Waals surface area contributed by atoms with E-state index in [-0.39, 0.29) is 17.7 Å². The maximum atomic E-state index is 12.3. The van der Waals surface area contributed by atoms with Crippen molar-refractivity contribution >= 4 is 23.6 Å². The van der Waals surface area contributed by atoms with Gasteiger partial charge in [-0.05, 0) is 19.1 Å². The largest absolute Gasteiger partial charge is 0.350 e. The van der Waals surface area contributed by atoms with E-state index in [1.807, 2.05) is 29.7 Å². The summed E-state index contributed by atoms with van der Waals surface area (Å²) in [7, 11) is 1.95. The molecule has 0 spiro atoms. The molecule has 122 valence electrons. The molecule has 1 N–H and O–H groups in total. The van der Waals surface area contributed by atoms with Crippen LogP contribution < -0.4 is 5.32 Å². The van der Waals surface area contributed by atoms with Gasteiger partial charge >= 0.3 is 0 Å². The highest BCUT2D eigenvalue weighted by Gasteiger charge is 2.27. The fourth-order valence-electron chi connectivity index (χ4n) is 2.74. The number of rotatable bonds is 5. The second-order valence-corrected chi connectivity index (χ2v) is 6.32. The molecular weight excluding hydrogens is 300 g/mol. The van der Waals surface area contributed by atoms with Gasteiger partial charge in [-0.2, -0.15) is 0 Å². The number of likely N-dealkylation sites (tertiary alicyclic amines) is 1. The Kier molecular flexibility index (Phi) is 5.88. The Labute approximate surface area is 135 Å². The van der Waals surface area contributed by atoms with E-state index < -0.39 is 0 Å². The van der Waals surface area contributed by atoms with Gasteiger partial charge in [-0.3, -0.25) is 9.59 Å². The van der Waals surface area contributed by atoms with Gasteiger partial charge in [-0.15, -0.1) is 0 Å². The SMILES string of the molecule is CCC(=O)N1CCCC(C(=O)NCc2cnc(SC)n2C)C1. The molecule has 1 aliphatic heterocycles. The molecule has 1 unspecified atom stereocenters. The molecule has 1 aliphatic rings. The van der Waals surface area contributed by atoms with E-state index >= 15 is 0 Å². The molecule has 0 bridgehead atoms. The lowest BCUT2D eigenvalue weighted by molar-refractivity contribution is -0.135. The summed E-state index contributed by atoms with van der Waals surface area (Å²) in [6, 6.07) is 0. The summed E-state index contributed by atoms with van der Waals surface area (Å²) in [4.78, 5) is 30.2. The highest BCUT2D eigenvalue weighted by atomic mass is 32.2. The number of hydrogen-bond donors (Lipinski definition) is 1. The maximum absolute atomic E-state index is 12.3. The molecule has 2 amide bonds. The van der Waals surface area contributed by atoms with Gasteiger partial charge in [0.1, 0.15) is 0 Å². The Morgan fingerprint density at radius 2 is 2.27 bits per heavy atom. The van der Waals surface area contributed by atoms with E-state index in [4.69, 9.17) is 0 Å². The number of aromatic nitrogens is 2. The number of imidazole rings is 1. The zero-order valence-corrected chi connectivity index (χ0v) is 14.3. The average Bonchev–Trinajstić information content (AvgIpc) is 2.91.